The van der Waals surface area contributed by atoms with Gasteiger partial charge in [-0.3, -0.25) is 9.59 Å². The highest BCUT2D eigenvalue weighted by Gasteiger charge is 2.11. The molecule has 33 heavy (non-hydrogen) atoms. The van der Waals surface area contributed by atoms with Crippen LogP contribution in [0, 0.1) is 11.3 Å². The van der Waals surface area contributed by atoms with Gasteiger partial charge in [0.1, 0.15) is 23.1 Å². The summed E-state index contributed by atoms with van der Waals surface area (Å²) in [5, 5.41) is 15.0. The highest BCUT2D eigenvalue weighted by molar-refractivity contribution is 6.32. The van der Waals surface area contributed by atoms with Crippen molar-refractivity contribution >= 4 is 40.9 Å². The first-order valence-electron chi connectivity index (χ1n) is 9.83. The SMILES string of the molecule is COc1ccc(NC(=O)/C(C#N)=C/c2ccc(OCC(=O)Nc3ccccc3)c(Cl)c2)cc1. The summed E-state index contributed by atoms with van der Waals surface area (Å²) in [6, 6.07) is 22.4. The zero-order valence-corrected chi connectivity index (χ0v) is 18.4. The normalized spacial score (nSPS) is 10.6. The van der Waals surface area contributed by atoms with Gasteiger partial charge in [-0.05, 0) is 60.2 Å². The Balaban J connectivity index is 1.62. The second-order valence-electron chi connectivity index (χ2n) is 6.75. The van der Waals surface area contributed by atoms with Gasteiger partial charge in [-0.25, -0.2) is 0 Å². The maximum absolute atomic E-state index is 12.4. The number of rotatable bonds is 8. The largest absolute Gasteiger partial charge is 0.497 e. The van der Waals surface area contributed by atoms with Crippen LogP contribution in [0.4, 0.5) is 11.4 Å². The topological polar surface area (TPSA) is 100 Å². The van der Waals surface area contributed by atoms with E-state index in [0.29, 0.717) is 28.4 Å². The van der Waals surface area contributed by atoms with E-state index in [0.717, 1.165) is 0 Å². The number of methoxy groups -OCH3 is 1. The van der Waals surface area contributed by atoms with Gasteiger partial charge in [-0.2, -0.15) is 5.26 Å². The molecule has 0 aliphatic carbocycles. The lowest BCUT2D eigenvalue weighted by Crippen LogP contribution is -2.20. The van der Waals surface area contributed by atoms with Crippen LogP contribution in [0.2, 0.25) is 5.02 Å². The molecule has 0 saturated heterocycles. The Morgan fingerprint density at radius 2 is 1.70 bits per heavy atom. The van der Waals surface area contributed by atoms with Crippen molar-refractivity contribution in [3.8, 4) is 17.6 Å². The number of benzene rings is 3. The van der Waals surface area contributed by atoms with Crippen LogP contribution in [0.3, 0.4) is 0 Å². The first-order valence-corrected chi connectivity index (χ1v) is 10.2. The number of ether oxygens (including phenoxy) is 2. The molecule has 0 bridgehead atoms. The molecule has 0 fully saturated rings. The standard InChI is InChI=1S/C25H20ClN3O4/c1-32-21-10-8-20(9-11-21)29-25(31)18(15-27)13-17-7-12-23(22(26)14-17)33-16-24(30)28-19-5-3-2-4-6-19/h2-14H,16H2,1H3,(H,28,30)(H,29,31)/b18-13+. The molecule has 0 aliphatic rings. The summed E-state index contributed by atoms with van der Waals surface area (Å²) in [7, 11) is 1.55. The Bertz CT molecular complexity index is 1200. The van der Waals surface area contributed by atoms with Crippen LogP contribution in [0.25, 0.3) is 6.08 Å². The van der Waals surface area contributed by atoms with Gasteiger partial charge < -0.3 is 20.1 Å². The Morgan fingerprint density at radius 1 is 1.00 bits per heavy atom. The average Bonchev–Trinajstić information content (AvgIpc) is 2.83. The van der Waals surface area contributed by atoms with E-state index in [1.165, 1.54) is 6.08 Å². The summed E-state index contributed by atoms with van der Waals surface area (Å²) < 4.78 is 10.6. The average molecular weight is 462 g/mol. The third kappa shape index (κ3) is 6.86. The molecule has 166 valence electrons. The molecular formula is C25H20ClN3O4. The third-order valence-electron chi connectivity index (χ3n) is 4.40. The number of amides is 2. The van der Waals surface area contributed by atoms with E-state index < -0.39 is 5.91 Å². The maximum atomic E-state index is 12.4. The second kappa shape index (κ2) is 11.4. The van der Waals surface area contributed by atoms with Gasteiger partial charge in [-0.15, -0.1) is 0 Å². The molecule has 2 N–H and O–H groups in total. The van der Waals surface area contributed by atoms with Crippen molar-refractivity contribution in [2.45, 2.75) is 0 Å². The van der Waals surface area contributed by atoms with Crippen molar-refractivity contribution < 1.29 is 19.1 Å². The van der Waals surface area contributed by atoms with Gasteiger partial charge in [0.2, 0.25) is 0 Å². The van der Waals surface area contributed by atoms with E-state index in [1.807, 2.05) is 24.3 Å². The lowest BCUT2D eigenvalue weighted by atomic mass is 10.1. The summed E-state index contributed by atoms with van der Waals surface area (Å²) >= 11 is 6.26. The summed E-state index contributed by atoms with van der Waals surface area (Å²) in [4.78, 5) is 24.5. The van der Waals surface area contributed by atoms with Crippen molar-refractivity contribution in [1.29, 1.82) is 5.26 Å². The molecule has 3 rings (SSSR count). The zero-order chi connectivity index (χ0) is 23.6. The number of carbonyl (C=O) groups excluding carboxylic acids is 2. The first kappa shape index (κ1) is 23.4. The first-order chi connectivity index (χ1) is 16.0. The van der Waals surface area contributed by atoms with Crippen molar-refractivity contribution in [3.05, 3.63) is 89.0 Å². The van der Waals surface area contributed by atoms with Crippen molar-refractivity contribution in [2.75, 3.05) is 24.4 Å². The number of nitrogens with one attached hydrogen (secondary N) is 2. The zero-order valence-electron chi connectivity index (χ0n) is 17.7. The minimum atomic E-state index is -0.559. The van der Waals surface area contributed by atoms with E-state index in [4.69, 9.17) is 21.1 Å². The summed E-state index contributed by atoms with van der Waals surface area (Å²) in [5.41, 5.74) is 1.62. The van der Waals surface area contributed by atoms with Crippen LogP contribution >= 0.6 is 11.6 Å². The number of hydrogen-bond donors (Lipinski definition) is 2. The molecule has 3 aromatic carbocycles. The molecule has 0 radical (unpaired) electrons. The minimum Gasteiger partial charge on any atom is -0.497 e. The van der Waals surface area contributed by atoms with Crippen LogP contribution in [-0.4, -0.2) is 25.5 Å². The Labute approximate surface area is 196 Å². The summed E-state index contributed by atoms with van der Waals surface area (Å²) in [6.45, 7) is -0.225. The van der Waals surface area contributed by atoms with Gasteiger partial charge in [0.15, 0.2) is 6.61 Å². The Kier molecular flexibility index (Phi) is 8.06. The molecular weight excluding hydrogens is 442 g/mol. The molecule has 0 saturated carbocycles. The van der Waals surface area contributed by atoms with E-state index in [-0.39, 0.29) is 23.1 Å². The van der Waals surface area contributed by atoms with E-state index in [2.05, 4.69) is 10.6 Å². The Morgan fingerprint density at radius 3 is 2.33 bits per heavy atom. The van der Waals surface area contributed by atoms with Crippen molar-refractivity contribution in [3.63, 3.8) is 0 Å². The molecule has 0 aliphatic heterocycles. The monoisotopic (exact) mass is 461 g/mol. The highest BCUT2D eigenvalue weighted by atomic mass is 35.5. The second-order valence-corrected chi connectivity index (χ2v) is 7.15. The van der Waals surface area contributed by atoms with Gasteiger partial charge in [0, 0.05) is 11.4 Å². The number of hydrogen-bond acceptors (Lipinski definition) is 5. The lowest BCUT2D eigenvalue weighted by molar-refractivity contribution is -0.118. The maximum Gasteiger partial charge on any atom is 0.266 e. The fraction of sp³-hybridized carbons (Fsp3) is 0.0800. The quantitative estimate of drug-likeness (QED) is 0.366. The van der Waals surface area contributed by atoms with Gasteiger partial charge >= 0.3 is 0 Å². The van der Waals surface area contributed by atoms with Gasteiger partial charge in [-0.1, -0.05) is 35.9 Å². The van der Waals surface area contributed by atoms with Crippen LogP contribution < -0.4 is 20.1 Å². The van der Waals surface area contributed by atoms with Crippen LogP contribution in [-0.2, 0) is 9.59 Å². The van der Waals surface area contributed by atoms with Crippen LogP contribution in [0.1, 0.15) is 5.56 Å². The van der Waals surface area contributed by atoms with Crippen molar-refractivity contribution in [2.24, 2.45) is 0 Å². The Hall–Kier alpha value is -4.28. The van der Waals surface area contributed by atoms with Gasteiger partial charge in [0.05, 0.1) is 12.1 Å². The number of carbonyl (C=O) groups is 2. The van der Waals surface area contributed by atoms with E-state index >= 15 is 0 Å². The molecule has 0 heterocycles. The number of halogens is 1. The smallest absolute Gasteiger partial charge is 0.266 e. The molecule has 7 nitrogen and oxygen atoms in total. The fourth-order valence-electron chi connectivity index (χ4n) is 2.77. The molecule has 0 spiro atoms. The lowest BCUT2D eigenvalue weighted by Gasteiger charge is -2.09. The molecule has 3 aromatic rings. The molecule has 2 amide bonds. The molecule has 0 atom stereocenters. The third-order valence-corrected chi connectivity index (χ3v) is 4.69. The summed E-state index contributed by atoms with van der Waals surface area (Å²) in [6.07, 6.45) is 1.41. The summed E-state index contributed by atoms with van der Waals surface area (Å²) in [5.74, 6) is 0.0664. The number of para-hydroxylation sites is 1. The molecule has 8 heteroatoms. The molecule has 0 aromatic heterocycles. The number of anilines is 2. The van der Waals surface area contributed by atoms with E-state index in [9.17, 15) is 14.9 Å². The number of nitriles is 1. The molecule has 0 unspecified atom stereocenters. The number of nitrogens with zero attached hydrogens (tertiary/aromatic N) is 1. The fourth-order valence-corrected chi connectivity index (χ4v) is 3.02. The van der Waals surface area contributed by atoms with Gasteiger partial charge in [0.25, 0.3) is 11.8 Å². The highest BCUT2D eigenvalue weighted by Crippen LogP contribution is 2.27. The predicted octanol–water partition coefficient (Wildman–Crippen LogP) is 4.91. The minimum absolute atomic E-state index is 0.0993. The van der Waals surface area contributed by atoms with E-state index in [1.54, 1.807) is 61.7 Å². The van der Waals surface area contributed by atoms with Crippen LogP contribution in [0.5, 0.6) is 11.5 Å². The van der Waals surface area contributed by atoms with Crippen LogP contribution in [0.15, 0.2) is 78.4 Å². The van der Waals surface area contributed by atoms with Crippen molar-refractivity contribution in [1.82, 2.24) is 0 Å². The predicted molar refractivity (Wildman–Crippen MR) is 127 cm³/mol.